The lowest BCUT2D eigenvalue weighted by Crippen LogP contribution is -1.86. The highest BCUT2D eigenvalue weighted by atomic mass is 127. The molecule has 0 unspecified atom stereocenters. The van der Waals surface area contributed by atoms with Gasteiger partial charge in [-0.1, -0.05) is 11.6 Å². The fourth-order valence-corrected chi connectivity index (χ4v) is 1.93. The number of hydrogen-bond acceptors (Lipinski definition) is 0. The van der Waals surface area contributed by atoms with Crippen LogP contribution in [-0.2, 0) is 5.88 Å². The fourth-order valence-electron chi connectivity index (χ4n) is 0.831. The van der Waals surface area contributed by atoms with E-state index in [0.29, 0.717) is 5.88 Å². The molecular formula is C8H7Cl2I. The summed E-state index contributed by atoms with van der Waals surface area (Å²) in [6, 6.07) is 3.96. The third kappa shape index (κ3) is 2.23. The van der Waals surface area contributed by atoms with Crippen molar-refractivity contribution in [2.75, 3.05) is 0 Å². The van der Waals surface area contributed by atoms with Gasteiger partial charge in [0, 0.05) is 9.45 Å². The number of rotatable bonds is 1. The largest absolute Gasteiger partial charge is 0.122 e. The van der Waals surface area contributed by atoms with E-state index < -0.39 is 0 Å². The minimum atomic E-state index is 0.530. The van der Waals surface area contributed by atoms with Gasteiger partial charge in [0.1, 0.15) is 0 Å². The Bertz CT molecular complexity index is 271. The number of benzene rings is 1. The molecule has 0 aliphatic carbocycles. The average molecular weight is 301 g/mol. The van der Waals surface area contributed by atoms with E-state index in [4.69, 9.17) is 23.2 Å². The molecule has 0 spiro atoms. The maximum Gasteiger partial charge on any atom is 0.0542 e. The molecular weight excluding hydrogens is 294 g/mol. The van der Waals surface area contributed by atoms with Crippen LogP contribution < -0.4 is 0 Å². The Balaban J connectivity index is 3.21. The molecule has 0 N–H and O–H groups in total. The van der Waals surface area contributed by atoms with E-state index in [2.05, 4.69) is 22.6 Å². The summed E-state index contributed by atoms with van der Waals surface area (Å²) in [4.78, 5) is 0. The van der Waals surface area contributed by atoms with Crippen molar-refractivity contribution >= 4 is 45.8 Å². The van der Waals surface area contributed by atoms with Crippen molar-refractivity contribution in [3.63, 3.8) is 0 Å². The second-order valence-electron chi connectivity index (χ2n) is 2.33. The highest BCUT2D eigenvalue weighted by molar-refractivity contribution is 14.1. The zero-order chi connectivity index (χ0) is 8.43. The smallest absolute Gasteiger partial charge is 0.0542 e. The van der Waals surface area contributed by atoms with E-state index in [-0.39, 0.29) is 0 Å². The second-order valence-corrected chi connectivity index (χ2v) is 4.16. The maximum absolute atomic E-state index is 5.90. The van der Waals surface area contributed by atoms with Crippen LogP contribution in [0.4, 0.5) is 0 Å². The Morgan fingerprint density at radius 2 is 2.09 bits per heavy atom. The molecule has 0 fully saturated rings. The lowest BCUT2D eigenvalue weighted by Gasteiger charge is -2.03. The summed E-state index contributed by atoms with van der Waals surface area (Å²) in [5, 5.41) is 0.784. The summed E-state index contributed by atoms with van der Waals surface area (Å²) < 4.78 is 1.08. The highest BCUT2D eigenvalue weighted by Gasteiger charge is 2.01. The average Bonchev–Trinajstić information content (AvgIpc) is 1.97. The topological polar surface area (TPSA) is 0 Å². The lowest BCUT2D eigenvalue weighted by molar-refractivity contribution is 1.29. The van der Waals surface area contributed by atoms with Gasteiger partial charge in [-0.3, -0.25) is 0 Å². The number of aryl methyl sites for hydroxylation is 1. The molecule has 0 aliphatic rings. The van der Waals surface area contributed by atoms with E-state index in [1.165, 1.54) is 5.56 Å². The SMILES string of the molecule is Cc1cc(I)c(Cl)cc1CCl. The molecule has 0 nitrogen and oxygen atoms in total. The van der Waals surface area contributed by atoms with E-state index in [9.17, 15) is 0 Å². The first kappa shape index (κ1) is 9.62. The molecule has 1 aromatic rings. The second kappa shape index (κ2) is 3.97. The van der Waals surface area contributed by atoms with E-state index in [1.54, 1.807) is 0 Å². The van der Waals surface area contributed by atoms with Gasteiger partial charge in [-0.25, -0.2) is 0 Å². The standard InChI is InChI=1S/C8H7Cl2I/c1-5-2-8(11)7(10)3-6(5)4-9/h2-3H,4H2,1H3. The van der Waals surface area contributed by atoms with Gasteiger partial charge in [-0.05, 0) is 52.8 Å². The first-order valence-electron chi connectivity index (χ1n) is 3.15. The molecule has 0 heterocycles. The zero-order valence-corrected chi connectivity index (χ0v) is 9.67. The summed E-state index contributed by atoms with van der Waals surface area (Å²) in [6.45, 7) is 2.04. The van der Waals surface area contributed by atoms with E-state index in [1.807, 2.05) is 19.1 Å². The lowest BCUT2D eigenvalue weighted by atomic mass is 10.1. The fraction of sp³-hybridized carbons (Fsp3) is 0.250. The molecule has 11 heavy (non-hydrogen) atoms. The number of alkyl halides is 1. The van der Waals surface area contributed by atoms with Crippen LogP contribution in [0.2, 0.25) is 5.02 Å². The van der Waals surface area contributed by atoms with Crippen LogP contribution >= 0.6 is 45.8 Å². The Hall–Kier alpha value is 0.530. The maximum atomic E-state index is 5.90. The quantitative estimate of drug-likeness (QED) is 0.543. The Kier molecular flexibility index (Phi) is 3.47. The first-order chi connectivity index (χ1) is 5.15. The Labute approximate surface area is 90.0 Å². The predicted octanol–water partition coefficient (Wildman–Crippen LogP) is 3.99. The van der Waals surface area contributed by atoms with Crippen molar-refractivity contribution < 1.29 is 0 Å². The van der Waals surface area contributed by atoms with Crippen molar-refractivity contribution in [2.45, 2.75) is 12.8 Å². The van der Waals surface area contributed by atoms with E-state index in [0.717, 1.165) is 14.2 Å². The van der Waals surface area contributed by atoms with Gasteiger partial charge >= 0.3 is 0 Å². The number of halogens is 3. The molecule has 3 heteroatoms. The predicted molar refractivity (Wildman–Crippen MR) is 58.5 cm³/mol. The minimum Gasteiger partial charge on any atom is -0.122 e. The van der Waals surface area contributed by atoms with Crippen LogP contribution in [0.25, 0.3) is 0 Å². The van der Waals surface area contributed by atoms with Crippen LogP contribution in [0.3, 0.4) is 0 Å². The van der Waals surface area contributed by atoms with Gasteiger partial charge in [-0.2, -0.15) is 0 Å². The monoisotopic (exact) mass is 300 g/mol. The molecule has 0 atom stereocenters. The Morgan fingerprint density at radius 3 is 2.64 bits per heavy atom. The van der Waals surface area contributed by atoms with Crippen LogP contribution in [0.15, 0.2) is 12.1 Å². The molecule has 1 aromatic carbocycles. The molecule has 0 bridgehead atoms. The van der Waals surface area contributed by atoms with Crippen molar-refractivity contribution in [1.29, 1.82) is 0 Å². The van der Waals surface area contributed by atoms with Gasteiger partial charge in [0.25, 0.3) is 0 Å². The highest BCUT2D eigenvalue weighted by Crippen LogP contribution is 2.23. The third-order valence-electron chi connectivity index (χ3n) is 1.52. The van der Waals surface area contributed by atoms with Crippen molar-refractivity contribution in [3.8, 4) is 0 Å². The van der Waals surface area contributed by atoms with Gasteiger partial charge in [0.15, 0.2) is 0 Å². The van der Waals surface area contributed by atoms with Crippen LogP contribution in [0.1, 0.15) is 11.1 Å². The van der Waals surface area contributed by atoms with Crippen molar-refractivity contribution in [3.05, 3.63) is 31.9 Å². The van der Waals surface area contributed by atoms with Crippen LogP contribution in [-0.4, -0.2) is 0 Å². The van der Waals surface area contributed by atoms with Gasteiger partial charge in [-0.15, -0.1) is 11.6 Å². The van der Waals surface area contributed by atoms with Crippen LogP contribution in [0, 0.1) is 10.5 Å². The van der Waals surface area contributed by atoms with Crippen molar-refractivity contribution in [2.24, 2.45) is 0 Å². The molecule has 60 valence electrons. The van der Waals surface area contributed by atoms with Gasteiger partial charge in [0.05, 0.1) is 5.02 Å². The summed E-state index contributed by atoms with van der Waals surface area (Å²) in [6.07, 6.45) is 0. The number of hydrogen-bond donors (Lipinski definition) is 0. The summed E-state index contributed by atoms with van der Waals surface area (Å²) in [7, 11) is 0. The summed E-state index contributed by atoms with van der Waals surface area (Å²) in [5.41, 5.74) is 2.31. The van der Waals surface area contributed by atoms with Crippen LogP contribution in [0.5, 0.6) is 0 Å². The zero-order valence-electron chi connectivity index (χ0n) is 6.00. The summed E-state index contributed by atoms with van der Waals surface area (Å²) in [5.74, 6) is 0.530. The van der Waals surface area contributed by atoms with Crippen molar-refractivity contribution in [1.82, 2.24) is 0 Å². The molecule has 1 rings (SSSR count). The first-order valence-corrected chi connectivity index (χ1v) is 5.14. The summed E-state index contributed by atoms with van der Waals surface area (Å²) >= 11 is 13.8. The van der Waals surface area contributed by atoms with E-state index >= 15 is 0 Å². The van der Waals surface area contributed by atoms with Gasteiger partial charge < -0.3 is 0 Å². The Morgan fingerprint density at radius 1 is 1.45 bits per heavy atom. The molecule has 0 aliphatic heterocycles. The minimum absolute atomic E-state index is 0.530. The molecule has 0 radical (unpaired) electrons. The molecule has 0 amide bonds. The molecule has 0 aromatic heterocycles. The molecule has 0 saturated heterocycles. The molecule has 0 saturated carbocycles. The third-order valence-corrected chi connectivity index (χ3v) is 3.33. The van der Waals surface area contributed by atoms with Gasteiger partial charge in [0.2, 0.25) is 0 Å². The normalized spacial score (nSPS) is 10.2.